The zero-order valence-corrected chi connectivity index (χ0v) is 20.5. The molecule has 2 aromatic rings. The van der Waals surface area contributed by atoms with E-state index in [1.54, 1.807) is 52.0 Å². The maximum Gasteiger partial charge on any atom is 0.337 e. The second-order valence-corrected chi connectivity index (χ2v) is 8.25. The third kappa shape index (κ3) is 5.07. The zero-order valence-electron chi connectivity index (χ0n) is 20.5. The molecule has 3 N–H and O–H groups in total. The molecule has 3 rings (SSSR count). The smallest absolute Gasteiger partial charge is 0.337 e. The van der Waals surface area contributed by atoms with Crippen LogP contribution in [0.4, 0.5) is 25.0 Å². The van der Waals surface area contributed by atoms with Gasteiger partial charge >= 0.3 is 18.0 Å². The summed E-state index contributed by atoms with van der Waals surface area (Å²) < 4.78 is 37.4. The van der Waals surface area contributed by atoms with E-state index < -0.39 is 35.0 Å². The fraction of sp³-hybridized carbons (Fsp3) is 0.269. The molecule has 1 heterocycles. The van der Waals surface area contributed by atoms with E-state index in [4.69, 9.17) is 9.47 Å². The highest BCUT2D eigenvalue weighted by Gasteiger charge is 2.47. The van der Waals surface area contributed by atoms with E-state index in [0.29, 0.717) is 28.7 Å². The van der Waals surface area contributed by atoms with Crippen LogP contribution in [0.15, 0.2) is 65.0 Å². The molecule has 0 aliphatic carbocycles. The van der Waals surface area contributed by atoms with Crippen LogP contribution in [0.2, 0.25) is 0 Å². The topological polar surface area (TPSA) is 106 Å². The molecule has 2 amide bonds. The molecule has 0 radical (unpaired) electrons. The van der Waals surface area contributed by atoms with Crippen molar-refractivity contribution in [3.05, 3.63) is 82.2 Å². The molecular weight excluding hydrogens is 472 g/mol. The number of ether oxygens (including phenoxy) is 2. The van der Waals surface area contributed by atoms with Crippen molar-refractivity contribution in [1.29, 1.82) is 0 Å². The molecule has 10 heteroatoms. The van der Waals surface area contributed by atoms with Crippen LogP contribution in [0.3, 0.4) is 0 Å². The number of halogens is 2. The van der Waals surface area contributed by atoms with Crippen molar-refractivity contribution in [2.24, 2.45) is 0 Å². The summed E-state index contributed by atoms with van der Waals surface area (Å²) in [5, 5.41) is 7.97. The number of carbonyl (C=O) groups excluding carboxylic acids is 3. The standard InChI is InChI=1S/C26H27F2N3O5/c1-6-36-24(33)22-15(3)29-14(2)21(23(32)35-5)26(22,4)16-8-7-9-18(12-16)30-25(34)31-20-11-10-17(27)13-19(20)28/h7-13,29H,6H2,1-5H3,(H2,30,31,34). The van der Waals surface area contributed by atoms with Gasteiger partial charge in [0, 0.05) is 23.1 Å². The summed E-state index contributed by atoms with van der Waals surface area (Å²) in [5.74, 6) is -2.95. The molecular formula is C26H27F2N3O5. The Morgan fingerprint density at radius 3 is 2.25 bits per heavy atom. The lowest BCUT2D eigenvalue weighted by molar-refractivity contribution is -0.139. The highest BCUT2D eigenvalue weighted by molar-refractivity contribution is 6.02. The Morgan fingerprint density at radius 1 is 0.972 bits per heavy atom. The summed E-state index contributed by atoms with van der Waals surface area (Å²) >= 11 is 0. The maximum atomic E-state index is 13.9. The molecule has 0 aromatic heterocycles. The summed E-state index contributed by atoms with van der Waals surface area (Å²) in [7, 11) is 1.25. The van der Waals surface area contributed by atoms with Crippen LogP contribution in [0.1, 0.15) is 33.3 Å². The molecule has 1 aliphatic rings. The van der Waals surface area contributed by atoms with Gasteiger partial charge < -0.3 is 25.4 Å². The van der Waals surface area contributed by atoms with Gasteiger partial charge in [-0.15, -0.1) is 0 Å². The first-order valence-corrected chi connectivity index (χ1v) is 11.1. The van der Waals surface area contributed by atoms with Crippen molar-refractivity contribution >= 4 is 29.3 Å². The molecule has 1 atom stereocenters. The molecule has 2 aromatic carbocycles. The highest BCUT2D eigenvalue weighted by atomic mass is 19.1. The van der Waals surface area contributed by atoms with Gasteiger partial charge in [0.25, 0.3) is 0 Å². The number of benzene rings is 2. The van der Waals surface area contributed by atoms with Gasteiger partial charge in [0.1, 0.15) is 11.6 Å². The summed E-state index contributed by atoms with van der Waals surface area (Å²) in [4.78, 5) is 38.4. The SMILES string of the molecule is CCOC(=O)C1=C(C)NC(C)=C(C(=O)OC)C1(C)c1cccc(NC(=O)Nc2ccc(F)cc2F)c1. The van der Waals surface area contributed by atoms with Crippen molar-refractivity contribution in [3.63, 3.8) is 0 Å². The van der Waals surface area contributed by atoms with Crippen LogP contribution < -0.4 is 16.0 Å². The lowest BCUT2D eigenvalue weighted by Crippen LogP contribution is -2.43. The van der Waals surface area contributed by atoms with Gasteiger partial charge in [-0.1, -0.05) is 12.1 Å². The molecule has 8 nitrogen and oxygen atoms in total. The van der Waals surface area contributed by atoms with Crippen LogP contribution >= 0.6 is 0 Å². The van der Waals surface area contributed by atoms with E-state index in [1.807, 2.05) is 0 Å². The predicted molar refractivity (Wildman–Crippen MR) is 130 cm³/mol. The van der Waals surface area contributed by atoms with Crippen molar-refractivity contribution < 1.29 is 32.6 Å². The van der Waals surface area contributed by atoms with Gasteiger partial charge in [0.2, 0.25) is 0 Å². The number of hydrogen-bond donors (Lipinski definition) is 3. The van der Waals surface area contributed by atoms with Crippen LogP contribution in [-0.2, 0) is 24.5 Å². The first-order valence-electron chi connectivity index (χ1n) is 11.1. The fourth-order valence-corrected chi connectivity index (χ4v) is 4.37. The van der Waals surface area contributed by atoms with Gasteiger partial charge in [0.15, 0.2) is 0 Å². The van der Waals surface area contributed by atoms with E-state index in [0.717, 1.165) is 12.1 Å². The molecule has 0 saturated carbocycles. The number of rotatable bonds is 6. The first kappa shape index (κ1) is 26.4. The fourth-order valence-electron chi connectivity index (χ4n) is 4.37. The summed E-state index contributed by atoms with van der Waals surface area (Å²) in [6.07, 6.45) is 0. The number of amides is 2. The number of carbonyl (C=O) groups is 3. The quantitative estimate of drug-likeness (QED) is 0.495. The van der Waals surface area contributed by atoms with Gasteiger partial charge in [-0.05, 0) is 57.5 Å². The Labute approximate surface area is 207 Å². The highest BCUT2D eigenvalue weighted by Crippen LogP contribution is 2.45. The lowest BCUT2D eigenvalue weighted by Gasteiger charge is -2.39. The number of hydrogen-bond acceptors (Lipinski definition) is 6. The minimum atomic E-state index is -1.30. The zero-order chi connectivity index (χ0) is 26.6. The number of methoxy groups -OCH3 is 1. The summed E-state index contributed by atoms with van der Waals surface area (Å²) in [5.41, 5.74) is 0.716. The van der Waals surface area contributed by atoms with E-state index >= 15 is 0 Å². The second kappa shape index (κ2) is 10.6. The molecule has 0 spiro atoms. The average molecular weight is 500 g/mol. The maximum absolute atomic E-state index is 13.9. The van der Waals surface area contributed by atoms with E-state index in [1.165, 1.54) is 7.11 Å². The number of esters is 2. The number of nitrogens with one attached hydrogen (secondary N) is 3. The third-order valence-corrected chi connectivity index (χ3v) is 5.87. The minimum absolute atomic E-state index is 0.129. The third-order valence-electron chi connectivity index (χ3n) is 5.87. The molecule has 0 fully saturated rings. The lowest BCUT2D eigenvalue weighted by atomic mass is 9.67. The normalized spacial score (nSPS) is 17.3. The Balaban J connectivity index is 2.03. The first-order chi connectivity index (χ1) is 17.0. The van der Waals surface area contributed by atoms with Gasteiger partial charge in [-0.25, -0.2) is 23.2 Å². The summed E-state index contributed by atoms with van der Waals surface area (Å²) in [6, 6.07) is 8.53. The van der Waals surface area contributed by atoms with E-state index in [2.05, 4.69) is 16.0 Å². The predicted octanol–water partition coefficient (Wildman–Crippen LogP) is 4.75. The molecule has 36 heavy (non-hydrogen) atoms. The largest absolute Gasteiger partial charge is 0.466 e. The Morgan fingerprint density at radius 2 is 1.64 bits per heavy atom. The van der Waals surface area contributed by atoms with Crippen LogP contribution in [0, 0.1) is 11.6 Å². The molecule has 0 saturated heterocycles. The monoisotopic (exact) mass is 499 g/mol. The van der Waals surface area contributed by atoms with E-state index in [-0.39, 0.29) is 23.4 Å². The van der Waals surface area contributed by atoms with Crippen molar-refractivity contribution in [3.8, 4) is 0 Å². The molecule has 1 unspecified atom stereocenters. The van der Waals surface area contributed by atoms with Crippen molar-refractivity contribution in [2.45, 2.75) is 33.1 Å². The Kier molecular flexibility index (Phi) is 7.77. The summed E-state index contributed by atoms with van der Waals surface area (Å²) in [6.45, 7) is 6.91. The number of allylic oxidation sites excluding steroid dienone is 2. The molecule has 190 valence electrons. The Bertz CT molecular complexity index is 1290. The number of anilines is 2. The number of urea groups is 1. The second-order valence-electron chi connectivity index (χ2n) is 8.25. The van der Waals surface area contributed by atoms with Crippen molar-refractivity contribution in [2.75, 3.05) is 24.4 Å². The number of dihydropyridines is 1. The van der Waals surface area contributed by atoms with E-state index in [9.17, 15) is 23.2 Å². The molecule has 0 bridgehead atoms. The van der Waals surface area contributed by atoms with Gasteiger partial charge in [0.05, 0.1) is 36.0 Å². The van der Waals surface area contributed by atoms with Gasteiger partial charge in [-0.3, -0.25) is 0 Å². The van der Waals surface area contributed by atoms with Gasteiger partial charge in [-0.2, -0.15) is 0 Å². The van der Waals surface area contributed by atoms with Crippen LogP contribution in [-0.4, -0.2) is 31.7 Å². The van der Waals surface area contributed by atoms with Crippen molar-refractivity contribution in [1.82, 2.24) is 5.32 Å². The average Bonchev–Trinajstić information content (AvgIpc) is 2.80. The van der Waals surface area contributed by atoms with Crippen LogP contribution in [0.25, 0.3) is 0 Å². The Hall–Kier alpha value is -4.21. The minimum Gasteiger partial charge on any atom is -0.466 e. The van der Waals surface area contributed by atoms with Crippen LogP contribution in [0.5, 0.6) is 0 Å². The molecule has 1 aliphatic heterocycles.